The predicted molar refractivity (Wildman–Crippen MR) is 137 cm³/mol. The lowest BCUT2D eigenvalue weighted by atomic mass is 10.1. The number of H-pyrrole nitrogens is 1. The Morgan fingerprint density at radius 3 is 2.54 bits per heavy atom. The van der Waals surface area contributed by atoms with Crippen molar-refractivity contribution >= 4 is 26.7 Å². The highest BCUT2D eigenvalue weighted by Crippen LogP contribution is 2.30. The van der Waals surface area contributed by atoms with Gasteiger partial charge in [-0.25, -0.2) is 17.8 Å². The Hall–Kier alpha value is -3.64. The summed E-state index contributed by atoms with van der Waals surface area (Å²) in [6.07, 6.45) is 4.01. The Morgan fingerprint density at radius 2 is 1.86 bits per heavy atom. The quantitative estimate of drug-likeness (QED) is 0.372. The molecule has 0 bridgehead atoms. The summed E-state index contributed by atoms with van der Waals surface area (Å²) in [6.45, 7) is 8.21. The van der Waals surface area contributed by atoms with Crippen molar-refractivity contribution in [3.63, 3.8) is 0 Å². The summed E-state index contributed by atoms with van der Waals surface area (Å²) >= 11 is 0. The van der Waals surface area contributed by atoms with Gasteiger partial charge in [-0.1, -0.05) is 0 Å². The number of benzene rings is 1. The Labute approximate surface area is 214 Å². The average Bonchev–Trinajstić information content (AvgIpc) is 3.25. The summed E-state index contributed by atoms with van der Waals surface area (Å²) in [6, 6.07) is 8.00. The SMILES string of the molecule is Cc1n[nH]c2nc(-c3ccc(NS(=O)(=O)c4cnccc4F)cc3)nc(OC3CCN(C(C)C)CC3)c12. The van der Waals surface area contributed by atoms with Crippen molar-refractivity contribution < 1.29 is 17.5 Å². The largest absolute Gasteiger partial charge is 0.474 e. The zero-order valence-electron chi connectivity index (χ0n) is 20.8. The first-order chi connectivity index (χ1) is 17.7. The number of fused-ring (bicyclic) bond motifs is 1. The van der Waals surface area contributed by atoms with Crippen molar-refractivity contribution in [2.45, 2.75) is 50.7 Å². The molecule has 1 aliphatic heterocycles. The van der Waals surface area contributed by atoms with Gasteiger partial charge in [0.1, 0.15) is 22.2 Å². The maximum absolute atomic E-state index is 14.0. The number of aromatic amines is 1. The van der Waals surface area contributed by atoms with E-state index in [2.05, 4.69) is 43.6 Å². The van der Waals surface area contributed by atoms with Crippen LogP contribution in [0.1, 0.15) is 32.4 Å². The first-order valence-corrected chi connectivity index (χ1v) is 13.6. The van der Waals surface area contributed by atoms with Gasteiger partial charge in [-0.15, -0.1) is 0 Å². The Balaban J connectivity index is 1.39. The number of halogens is 1. The molecule has 0 aliphatic carbocycles. The third kappa shape index (κ3) is 5.25. The number of pyridine rings is 1. The predicted octanol–water partition coefficient (Wildman–Crippen LogP) is 3.91. The molecule has 10 nitrogen and oxygen atoms in total. The molecular formula is C25H28FN7O3S. The molecule has 0 atom stereocenters. The van der Waals surface area contributed by atoms with E-state index in [4.69, 9.17) is 9.72 Å². The molecule has 1 saturated heterocycles. The van der Waals surface area contributed by atoms with Crippen LogP contribution in [-0.4, -0.2) is 63.7 Å². The van der Waals surface area contributed by atoms with Crippen LogP contribution in [0, 0.1) is 12.7 Å². The minimum Gasteiger partial charge on any atom is -0.474 e. The van der Waals surface area contributed by atoms with E-state index >= 15 is 0 Å². The second kappa shape index (κ2) is 10.0. The lowest BCUT2D eigenvalue weighted by Gasteiger charge is -2.34. The number of ether oxygens (including phenoxy) is 1. The van der Waals surface area contributed by atoms with Gasteiger partial charge in [0.15, 0.2) is 11.5 Å². The Bertz CT molecular complexity index is 1520. The van der Waals surface area contributed by atoms with E-state index in [1.165, 1.54) is 6.20 Å². The van der Waals surface area contributed by atoms with Gasteiger partial charge in [-0.05, 0) is 63.9 Å². The number of nitrogens with one attached hydrogen (secondary N) is 2. The van der Waals surface area contributed by atoms with Gasteiger partial charge in [0.2, 0.25) is 5.88 Å². The van der Waals surface area contributed by atoms with Crippen LogP contribution in [0.3, 0.4) is 0 Å². The summed E-state index contributed by atoms with van der Waals surface area (Å²) < 4.78 is 47.9. The number of likely N-dealkylation sites (tertiary alicyclic amines) is 1. The molecule has 0 unspecified atom stereocenters. The number of anilines is 1. The fourth-order valence-electron chi connectivity index (χ4n) is 4.38. The summed E-state index contributed by atoms with van der Waals surface area (Å²) in [5, 5.41) is 7.97. The van der Waals surface area contributed by atoms with Crippen LogP contribution < -0.4 is 9.46 Å². The number of sulfonamides is 1. The van der Waals surface area contributed by atoms with E-state index < -0.39 is 20.7 Å². The van der Waals surface area contributed by atoms with Gasteiger partial charge < -0.3 is 9.64 Å². The van der Waals surface area contributed by atoms with Crippen LogP contribution >= 0.6 is 0 Å². The first kappa shape index (κ1) is 25.0. The molecule has 4 aromatic rings. The maximum Gasteiger partial charge on any atom is 0.266 e. The molecule has 2 N–H and O–H groups in total. The Morgan fingerprint density at radius 1 is 1.14 bits per heavy atom. The van der Waals surface area contributed by atoms with Crippen LogP contribution in [0.2, 0.25) is 0 Å². The Kier molecular flexibility index (Phi) is 6.78. The van der Waals surface area contributed by atoms with Crippen LogP contribution in [0.15, 0.2) is 47.6 Å². The van der Waals surface area contributed by atoms with E-state index in [1.54, 1.807) is 24.3 Å². The fraction of sp³-hybridized carbons (Fsp3) is 0.360. The molecule has 5 rings (SSSR count). The molecule has 0 amide bonds. The number of hydrogen-bond donors (Lipinski definition) is 2. The minimum absolute atomic E-state index is 0.0416. The molecule has 1 aromatic carbocycles. The third-order valence-electron chi connectivity index (χ3n) is 6.47. The highest BCUT2D eigenvalue weighted by molar-refractivity contribution is 7.92. The van der Waals surface area contributed by atoms with Crippen LogP contribution in [-0.2, 0) is 10.0 Å². The van der Waals surface area contributed by atoms with E-state index in [-0.39, 0.29) is 11.8 Å². The van der Waals surface area contributed by atoms with Crippen LogP contribution in [0.25, 0.3) is 22.4 Å². The molecule has 194 valence electrons. The molecule has 0 radical (unpaired) electrons. The normalized spacial score (nSPS) is 15.4. The number of hydrogen-bond acceptors (Lipinski definition) is 8. The maximum atomic E-state index is 14.0. The van der Waals surface area contributed by atoms with Gasteiger partial charge in [-0.2, -0.15) is 10.1 Å². The van der Waals surface area contributed by atoms with E-state index in [1.807, 2.05) is 6.92 Å². The standard InChI is InChI=1S/C25H28FN7O3S/c1-15(2)33-12-9-19(10-13-33)36-25-22-16(3)30-31-24(22)28-23(29-25)17-4-6-18(7-5-17)32-37(34,35)21-14-27-11-8-20(21)26/h4-8,11,14-15,19,32H,9-10,12-13H2,1-3H3,(H,28,29,30,31). The van der Waals surface area contributed by atoms with Crippen molar-refractivity contribution in [3.05, 3.63) is 54.2 Å². The van der Waals surface area contributed by atoms with E-state index in [0.29, 0.717) is 29.0 Å². The van der Waals surface area contributed by atoms with Crippen molar-refractivity contribution in [3.8, 4) is 17.3 Å². The van der Waals surface area contributed by atoms with Crippen molar-refractivity contribution in [2.75, 3.05) is 17.8 Å². The molecule has 37 heavy (non-hydrogen) atoms. The molecular weight excluding hydrogens is 497 g/mol. The van der Waals surface area contributed by atoms with Crippen molar-refractivity contribution in [2.24, 2.45) is 0 Å². The zero-order chi connectivity index (χ0) is 26.2. The van der Waals surface area contributed by atoms with Crippen LogP contribution in [0.4, 0.5) is 10.1 Å². The minimum atomic E-state index is -4.14. The van der Waals surface area contributed by atoms with Crippen molar-refractivity contribution in [1.82, 2.24) is 30.0 Å². The number of nitrogens with zero attached hydrogens (tertiary/aromatic N) is 5. The fourth-order valence-corrected chi connectivity index (χ4v) is 5.46. The van der Waals surface area contributed by atoms with Crippen LogP contribution in [0.5, 0.6) is 5.88 Å². The van der Waals surface area contributed by atoms with Gasteiger partial charge in [0.05, 0.1) is 11.9 Å². The second-order valence-electron chi connectivity index (χ2n) is 9.32. The van der Waals surface area contributed by atoms with Crippen molar-refractivity contribution in [1.29, 1.82) is 0 Å². The molecule has 0 saturated carbocycles. The van der Waals surface area contributed by atoms with Gasteiger partial charge in [-0.3, -0.25) is 14.8 Å². The number of aryl methyl sites for hydroxylation is 1. The second-order valence-corrected chi connectivity index (χ2v) is 11.0. The number of aromatic nitrogens is 5. The van der Waals surface area contributed by atoms with E-state index in [9.17, 15) is 12.8 Å². The van der Waals surface area contributed by atoms with E-state index in [0.717, 1.165) is 49.3 Å². The summed E-state index contributed by atoms with van der Waals surface area (Å²) in [5.41, 5.74) is 2.24. The smallest absolute Gasteiger partial charge is 0.266 e. The van der Waals surface area contributed by atoms with Gasteiger partial charge >= 0.3 is 0 Å². The highest BCUT2D eigenvalue weighted by Gasteiger charge is 2.25. The molecule has 3 aromatic heterocycles. The van der Waals surface area contributed by atoms with Gasteiger partial charge in [0, 0.05) is 36.6 Å². The molecule has 0 spiro atoms. The monoisotopic (exact) mass is 525 g/mol. The average molecular weight is 526 g/mol. The zero-order valence-corrected chi connectivity index (χ0v) is 21.6. The molecule has 12 heteroatoms. The summed E-state index contributed by atoms with van der Waals surface area (Å²) in [5.74, 6) is 0.0163. The third-order valence-corrected chi connectivity index (χ3v) is 7.86. The number of piperidine rings is 1. The molecule has 4 heterocycles. The summed E-state index contributed by atoms with van der Waals surface area (Å²) in [4.78, 5) is 14.9. The molecule has 1 fully saturated rings. The summed E-state index contributed by atoms with van der Waals surface area (Å²) in [7, 11) is -4.14. The lowest BCUT2D eigenvalue weighted by Crippen LogP contribution is -2.41. The van der Waals surface area contributed by atoms with Gasteiger partial charge in [0.25, 0.3) is 10.0 Å². The number of rotatable bonds is 7. The first-order valence-electron chi connectivity index (χ1n) is 12.1. The lowest BCUT2D eigenvalue weighted by molar-refractivity contribution is 0.0824. The topological polar surface area (TPSA) is 126 Å². The molecule has 1 aliphatic rings. The highest BCUT2D eigenvalue weighted by atomic mass is 32.2.